The van der Waals surface area contributed by atoms with Crippen LogP contribution in [0.4, 0.5) is 5.69 Å². The summed E-state index contributed by atoms with van der Waals surface area (Å²) in [5, 5.41) is 21.5. The molecule has 2 atom stereocenters. The molecule has 1 aliphatic carbocycles. The molecule has 6 N–H and O–H groups in total. The summed E-state index contributed by atoms with van der Waals surface area (Å²) in [6, 6.07) is 8.93. The largest absolute Gasteiger partial charge is 0.480 e. The van der Waals surface area contributed by atoms with Crippen LogP contribution in [0, 0.1) is 12.3 Å². The van der Waals surface area contributed by atoms with Crippen LogP contribution < -0.4 is 21.5 Å². The molecule has 1 aromatic heterocycles. The number of nitrogens with one attached hydrogen (secondary N) is 2. The van der Waals surface area contributed by atoms with Crippen molar-refractivity contribution in [2.24, 2.45) is 5.73 Å². The molecule has 11 nitrogen and oxygen atoms in total. The van der Waals surface area contributed by atoms with Crippen LogP contribution in [0.2, 0.25) is 0 Å². The highest BCUT2D eigenvalue weighted by molar-refractivity contribution is 5.97. The van der Waals surface area contributed by atoms with E-state index in [1.54, 1.807) is 24.3 Å². The summed E-state index contributed by atoms with van der Waals surface area (Å²) in [6.07, 6.45) is 6.90. The maximum atomic E-state index is 12.6. The number of carbonyl (C=O) groups excluding carboxylic acids is 2. The van der Waals surface area contributed by atoms with Crippen LogP contribution in [-0.2, 0) is 22.6 Å². The Bertz CT molecular complexity index is 1490. The monoisotopic (exact) mass is 517 g/mol. The van der Waals surface area contributed by atoms with Gasteiger partial charge in [0.05, 0.1) is 23.5 Å². The number of aromatic nitrogens is 2. The number of benzene rings is 2. The first-order valence-electron chi connectivity index (χ1n) is 12.0. The number of rotatable bonds is 10. The highest BCUT2D eigenvalue weighted by atomic mass is 16.4. The summed E-state index contributed by atoms with van der Waals surface area (Å²) < 4.78 is 0. The van der Waals surface area contributed by atoms with E-state index in [0.717, 1.165) is 29.7 Å². The van der Waals surface area contributed by atoms with Crippen LogP contribution in [0.5, 0.6) is 0 Å². The van der Waals surface area contributed by atoms with E-state index >= 15 is 0 Å². The van der Waals surface area contributed by atoms with E-state index in [1.165, 1.54) is 0 Å². The summed E-state index contributed by atoms with van der Waals surface area (Å²) in [6.45, 7) is -0.0842. The number of aryl methyl sites for hydroxylation is 1. The van der Waals surface area contributed by atoms with Gasteiger partial charge in [-0.2, -0.15) is 0 Å². The third kappa shape index (κ3) is 5.50. The lowest BCUT2D eigenvalue weighted by molar-refractivity contribution is -0.139. The molecule has 38 heavy (non-hydrogen) atoms. The minimum atomic E-state index is -1.26. The van der Waals surface area contributed by atoms with Gasteiger partial charge in [-0.1, -0.05) is 5.92 Å². The number of aliphatic carboxylic acids is 1. The fraction of sp³-hybridized carbons (Fsp3) is 0.296. The van der Waals surface area contributed by atoms with Crippen molar-refractivity contribution < 1.29 is 24.6 Å². The number of anilines is 1. The molecule has 196 valence electrons. The average molecular weight is 518 g/mol. The molecule has 2 amide bonds. The molecule has 2 aromatic carbocycles. The van der Waals surface area contributed by atoms with Gasteiger partial charge in [0.15, 0.2) is 0 Å². The van der Waals surface area contributed by atoms with E-state index in [9.17, 15) is 29.4 Å². The number of primary amides is 1. The Labute approximate surface area is 217 Å². The number of hydrogen-bond acceptors (Lipinski definition) is 7. The van der Waals surface area contributed by atoms with Crippen molar-refractivity contribution in [2.75, 3.05) is 11.4 Å². The molecule has 0 fully saturated rings. The van der Waals surface area contributed by atoms with Crippen LogP contribution in [0.25, 0.3) is 10.9 Å². The number of fused-ring (bicyclic) bond motifs is 2. The molecule has 0 aliphatic heterocycles. The second-order valence-corrected chi connectivity index (χ2v) is 9.04. The lowest BCUT2D eigenvalue weighted by atomic mass is 10.0. The first kappa shape index (κ1) is 26.4. The number of hydrogen-bond donors (Lipinski definition) is 5. The molecule has 1 aliphatic rings. The molecule has 3 aromatic rings. The predicted molar refractivity (Wildman–Crippen MR) is 139 cm³/mol. The zero-order valence-electron chi connectivity index (χ0n) is 20.4. The van der Waals surface area contributed by atoms with Crippen LogP contribution >= 0.6 is 0 Å². The summed E-state index contributed by atoms with van der Waals surface area (Å²) >= 11 is 0. The van der Waals surface area contributed by atoms with Gasteiger partial charge >= 0.3 is 5.97 Å². The van der Waals surface area contributed by atoms with Crippen LogP contribution in [-0.4, -0.2) is 50.6 Å². The fourth-order valence-electron chi connectivity index (χ4n) is 4.74. The van der Waals surface area contributed by atoms with E-state index in [1.807, 2.05) is 17.0 Å². The van der Waals surface area contributed by atoms with Gasteiger partial charge in [0.1, 0.15) is 18.5 Å². The van der Waals surface area contributed by atoms with Crippen molar-refractivity contribution in [3.8, 4) is 12.3 Å². The Morgan fingerprint density at radius 2 is 2.00 bits per heavy atom. The van der Waals surface area contributed by atoms with Crippen LogP contribution in [0.1, 0.15) is 52.6 Å². The predicted octanol–water partition coefficient (Wildman–Crippen LogP) is 0.991. The minimum absolute atomic E-state index is 0.111. The Kier molecular flexibility index (Phi) is 7.74. The number of nitrogens with two attached hydrogens (primary N) is 1. The fourth-order valence-corrected chi connectivity index (χ4v) is 4.74. The maximum Gasteiger partial charge on any atom is 0.326 e. The second-order valence-electron chi connectivity index (χ2n) is 9.04. The number of carboxylic acids is 1. The molecule has 0 bridgehead atoms. The lowest BCUT2D eigenvalue weighted by Crippen LogP contribution is -2.41. The highest BCUT2D eigenvalue weighted by Gasteiger charge is 2.29. The molecule has 0 saturated heterocycles. The SMILES string of the molecule is C#CCN(c1ccc(C(=O)N[C@@H](CCC(N)=O)C(=O)O)cc1)[C@H]1CCc2cc3nc(CO)[nH]c(=O)c3cc21. The minimum Gasteiger partial charge on any atom is -0.480 e. The number of terminal acetylenes is 1. The van der Waals surface area contributed by atoms with Gasteiger partial charge in [0, 0.05) is 17.7 Å². The molecule has 1 heterocycles. The lowest BCUT2D eigenvalue weighted by Gasteiger charge is -2.30. The van der Waals surface area contributed by atoms with Gasteiger partial charge in [-0.3, -0.25) is 14.4 Å². The first-order valence-corrected chi connectivity index (χ1v) is 12.0. The van der Waals surface area contributed by atoms with Crippen molar-refractivity contribution in [1.29, 1.82) is 0 Å². The molecule has 11 heteroatoms. The summed E-state index contributed by atoms with van der Waals surface area (Å²) in [7, 11) is 0. The molecule has 4 rings (SSSR count). The number of aliphatic hydroxyl groups excluding tert-OH is 1. The number of carbonyl (C=O) groups is 3. The van der Waals surface area contributed by atoms with Crippen LogP contribution in [0.3, 0.4) is 0 Å². The van der Waals surface area contributed by atoms with E-state index in [2.05, 4.69) is 21.2 Å². The third-order valence-corrected chi connectivity index (χ3v) is 6.59. The van der Waals surface area contributed by atoms with Gasteiger partial charge in [-0.15, -0.1) is 6.42 Å². The summed E-state index contributed by atoms with van der Waals surface area (Å²) in [5.41, 5.74) is 8.27. The zero-order valence-corrected chi connectivity index (χ0v) is 20.4. The van der Waals surface area contributed by atoms with E-state index in [-0.39, 0.29) is 49.0 Å². The van der Waals surface area contributed by atoms with Gasteiger partial charge < -0.3 is 31.1 Å². The van der Waals surface area contributed by atoms with Crippen molar-refractivity contribution in [3.63, 3.8) is 0 Å². The standard InChI is InChI=1S/C27H27N5O6/c1-2-11-32(17-6-3-15(4-7-17)25(35)30-20(27(37)38)8-10-23(28)34)22-9-5-16-12-21-19(13-18(16)22)26(36)31-24(14-33)29-21/h1,3-4,6-7,12-13,20,22,33H,5,8-11,14H2,(H2,28,34)(H,30,35)(H,37,38)(H,29,31,36)/t20-,22-/m0/s1. The van der Waals surface area contributed by atoms with Gasteiger partial charge in [-0.05, 0) is 66.8 Å². The molecule has 0 unspecified atom stereocenters. The van der Waals surface area contributed by atoms with Crippen molar-refractivity contribution in [2.45, 2.75) is 44.4 Å². The first-order chi connectivity index (χ1) is 18.2. The molecular formula is C27H27N5O6. The van der Waals surface area contributed by atoms with Gasteiger partial charge in [0.25, 0.3) is 11.5 Å². The number of carboxylic acid groups (broad SMARTS) is 1. The number of H-pyrrole nitrogens is 1. The van der Waals surface area contributed by atoms with Crippen molar-refractivity contribution in [3.05, 3.63) is 69.3 Å². The van der Waals surface area contributed by atoms with E-state index in [0.29, 0.717) is 10.9 Å². The van der Waals surface area contributed by atoms with Gasteiger partial charge in [-0.25, -0.2) is 9.78 Å². The highest BCUT2D eigenvalue weighted by Crippen LogP contribution is 2.39. The quantitative estimate of drug-likeness (QED) is 0.247. The Hall–Kier alpha value is -4.69. The molecule has 0 radical (unpaired) electrons. The number of amides is 2. The van der Waals surface area contributed by atoms with Crippen molar-refractivity contribution in [1.82, 2.24) is 15.3 Å². The second kappa shape index (κ2) is 11.1. The molecule has 0 spiro atoms. The zero-order chi connectivity index (χ0) is 27.4. The normalized spacial score (nSPS) is 14.9. The third-order valence-electron chi connectivity index (χ3n) is 6.59. The molecular weight excluding hydrogens is 490 g/mol. The van der Waals surface area contributed by atoms with E-state index < -0.39 is 23.8 Å². The number of aliphatic hydroxyl groups is 1. The van der Waals surface area contributed by atoms with E-state index in [4.69, 9.17) is 12.2 Å². The summed E-state index contributed by atoms with van der Waals surface area (Å²) in [5.74, 6) is 0.374. The smallest absolute Gasteiger partial charge is 0.326 e. The Morgan fingerprint density at radius 3 is 2.63 bits per heavy atom. The number of aromatic amines is 1. The Balaban J connectivity index is 1.58. The topological polar surface area (TPSA) is 179 Å². The Morgan fingerprint density at radius 1 is 1.26 bits per heavy atom. The van der Waals surface area contributed by atoms with Gasteiger partial charge in [0.2, 0.25) is 5.91 Å². The van der Waals surface area contributed by atoms with Crippen molar-refractivity contribution >= 4 is 34.4 Å². The number of nitrogens with zero attached hydrogens (tertiary/aromatic N) is 2. The maximum absolute atomic E-state index is 12.6. The molecule has 0 saturated carbocycles. The van der Waals surface area contributed by atoms with Crippen LogP contribution in [0.15, 0.2) is 41.2 Å². The average Bonchev–Trinajstić information content (AvgIpc) is 3.30. The summed E-state index contributed by atoms with van der Waals surface area (Å²) in [4.78, 5) is 56.6.